The third kappa shape index (κ3) is 3.61. The summed E-state index contributed by atoms with van der Waals surface area (Å²) in [4.78, 5) is 14.4. The molecule has 1 heterocycles. The number of aryl methyl sites for hydroxylation is 1. The fourth-order valence-electron chi connectivity index (χ4n) is 3.09. The fraction of sp³-hybridized carbons (Fsp3) is 0.368. The first-order chi connectivity index (χ1) is 12.7. The molecule has 1 aliphatic rings. The van der Waals surface area contributed by atoms with E-state index in [9.17, 15) is 22.4 Å². The molecule has 1 saturated carbocycles. The molecule has 8 heteroatoms. The van der Waals surface area contributed by atoms with Crippen LogP contribution in [0.15, 0.2) is 30.8 Å². The zero-order valence-electron chi connectivity index (χ0n) is 14.9. The molecule has 0 aliphatic heterocycles. The van der Waals surface area contributed by atoms with E-state index in [1.54, 1.807) is 6.92 Å². The van der Waals surface area contributed by atoms with Crippen molar-refractivity contribution >= 4 is 11.5 Å². The van der Waals surface area contributed by atoms with Gasteiger partial charge in [0.15, 0.2) is 0 Å². The summed E-state index contributed by atoms with van der Waals surface area (Å²) in [7, 11) is 1.17. The van der Waals surface area contributed by atoms with Gasteiger partial charge < -0.3 is 4.90 Å². The van der Waals surface area contributed by atoms with Crippen molar-refractivity contribution < 1.29 is 22.4 Å². The van der Waals surface area contributed by atoms with Crippen molar-refractivity contribution in [2.24, 2.45) is 7.05 Å². The number of amides is 1. The fourth-order valence-corrected chi connectivity index (χ4v) is 3.09. The third-order valence-corrected chi connectivity index (χ3v) is 4.74. The molecule has 0 saturated heterocycles. The summed E-state index contributed by atoms with van der Waals surface area (Å²) in [6.07, 6.45) is -1.69. The van der Waals surface area contributed by atoms with E-state index in [1.807, 2.05) is 0 Å². The Morgan fingerprint density at radius 3 is 2.37 bits per heavy atom. The number of hydrogen-bond acceptors (Lipinski definition) is 2. The van der Waals surface area contributed by atoms with Gasteiger partial charge in [-0.1, -0.05) is 18.7 Å². The van der Waals surface area contributed by atoms with Crippen molar-refractivity contribution in [3.8, 4) is 0 Å². The first-order valence-corrected chi connectivity index (χ1v) is 8.50. The van der Waals surface area contributed by atoms with E-state index in [1.165, 1.54) is 36.2 Å². The van der Waals surface area contributed by atoms with Gasteiger partial charge in [-0.15, -0.1) is 0 Å². The number of carbonyl (C=O) groups excluding carboxylic acids is 1. The number of halogens is 4. The van der Waals surface area contributed by atoms with E-state index in [4.69, 9.17) is 0 Å². The molecule has 0 radical (unpaired) electrons. The summed E-state index contributed by atoms with van der Waals surface area (Å²) in [5.74, 6) is -2.34. The van der Waals surface area contributed by atoms with Gasteiger partial charge in [-0.25, -0.2) is 17.9 Å². The highest BCUT2D eigenvalue weighted by Crippen LogP contribution is 2.36. The predicted molar refractivity (Wildman–Crippen MR) is 92.2 cm³/mol. The van der Waals surface area contributed by atoms with Gasteiger partial charge in [-0.3, -0.25) is 4.79 Å². The lowest BCUT2D eigenvalue weighted by Crippen LogP contribution is -2.41. The van der Waals surface area contributed by atoms with Crippen molar-refractivity contribution in [1.29, 1.82) is 0 Å². The number of benzene rings is 1. The monoisotopic (exact) mass is 381 g/mol. The predicted octanol–water partition coefficient (Wildman–Crippen LogP) is 4.34. The zero-order valence-corrected chi connectivity index (χ0v) is 14.9. The SMILES string of the molecule is C=C(c1ccc(F)cc1)C(C)N(C(=O)c1c(C(F)F)nn(C)c1F)C1CC1. The van der Waals surface area contributed by atoms with Crippen LogP contribution in [0.4, 0.5) is 17.6 Å². The minimum absolute atomic E-state index is 0.185. The summed E-state index contributed by atoms with van der Waals surface area (Å²) < 4.78 is 54.7. The van der Waals surface area contributed by atoms with Gasteiger partial charge >= 0.3 is 0 Å². The van der Waals surface area contributed by atoms with Crippen molar-refractivity contribution in [1.82, 2.24) is 14.7 Å². The van der Waals surface area contributed by atoms with Crippen molar-refractivity contribution in [2.75, 3.05) is 0 Å². The van der Waals surface area contributed by atoms with Gasteiger partial charge in [-0.05, 0) is 43.0 Å². The topological polar surface area (TPSA) is 38.1 Å². The molecule has 0 spiro atoms. The number of hydrogen-bond donors (Lipinski definition) is 0. The molecular formula is C19H19F4N3O. The highest BCUT2D eigenvalue weighted by molar-refractivity contribution is 5.97. The Hall–Kier alpha value is -2.64. The first-order valence-electron chi connectivity index (χ1n) is 8.50. The average molecular weight is 381 g/mol. The van der Waals surface area contributed by atoms with Crippen molar-refractivity contribution in [3.05, 3.63) is 59.4 Å². The maximum Gasteiger partial charge on any atom is 0.283 e. The standard InChI is InChI=1S/C19H19F4N3O/c1-10(12-4-6-13(20)7-5-12)11(2)26(14-8-9-14)19(27)15-16(17(21)22)24-25(3)18(15)23/h4-7,11,14,17H,1,8-9H2,2-3H3. The maximum absolute atomic E-state index is 14.4. The van der Waals surface area contributed by atoms with Gasteiger partial charge in [0.05, 0.1) is 6.04 Å². The number of nitrogens with zero attached hydrogens (tertiary/aromatic N) is 3. The zero-order chi connectivity index (χ0) is 19.9. The molecule has 4 nitrogen and oxygen atoms in total. The summed E-state index contributed by atoms with van der Waals surface area (Å²) in [6.45, 7) is 5.66. The van der Waals surface area contributed by atoms with E-state index >= 15 is 0 Å². The minimum atomic E-state index is -3.07. The second-order valence-electron chi connectivity index (χ2n) is 6.63. The highest BCUT2D eigenvalue weighted by atomic mass is 19.3. The normalized spacial score (nSPS) is 15.1. The molecule has 1 aliphatic carbocycles. The van der Waals surface area contributed by atoms with Crippen LogP contribution in [0.25, 0.3) is 5.57 Å². The first kappa shape index (κ1) is 19.1. The molecule has 0 bridgehead atoms. The molecule has 1 amide bonds. The molecule has 1 aromatic carbocycles. The van der Waals surface area contributed by atoms with E-state index in [2.05, 4.69) is 11.7 Å². The average Bonchev–Trinajstić information content (AvgIpc) is 3.40. The van der Waals surface area contributed by atoms with Crippen LogP contribution in [0.5, 0.6) is 0 Å². The Balaban J connectivity index is 1.95. The van der Waals surface area contributed by atoms with Crippen molar-refractivity contribution in [2.45, 2.75) is 38.3 Å². The molecule has 0 N–H and O–H groups in total. The van der Waals surface area contributed by atoms with Crippen LogP contribution in [0.3, 0.4) is 0 Å². The Kier molecular flexibility index (Phi) is 5.08. The molecule has 3 rings (SSSR count). The third-order valence-electron chi connectivity index (χ3n) is 4.74. The Bertz CT molecular complexity index is 872. The van der Waals surface area contributed by atoms with Crippen LogP contribution in [0.1, 0.15) is 47.8 Å². The van der Waals surface area contributed by atoms with Crippen LogP contribution in [0, 0.1) is 11.8 Å². The van der Waals surface area contributed by atoms with E-state index in [0.29, 0.717) is 28.7 Å². The quantitative estimate of drug-likeness (QED) is 0.698. The number of carbonyl (C=O) groups is 1. The highest BCUT2D eigenvalue weighted by Gasteiger charge is 2.41. The Morgan fingerprint density at radius 1 is 1.26 bits per heavy atom. The second-order valence-corrected chi connectivity index (χ2v) is 6.63. The lowest BCUT2D eigenvalue weighted by Gasteiger charge is -2.31. The Morgan fingerprint density at radius 2 is 1.85 bits per heavy atom. The number of alkyl halides is 2. The van der Waals surface area contributed by atoms with E-state index in [-0.39, 0.29) is 6.04 Å². The van der Waals surface area contributed by atoms with Crippen LogP contribution in [0.2, 0.25) is 0 Å². The van der Waals surface area contributed by atoms with Crippen LogP contribution in [-0.2, 0) is 7.05 Å². The lowest BCUT2D eigenvalue weighted by atomic mass is 9.99. The lowest BCUT2D eigenvalue weighted by molar-refractivity contribution is 0.0698. The molecule has 1 atom stereocenters. The molecule has 144 valence electrons. The van der Waals surface area contributed by atoms with Crippen molar-refractivity contribution in [3.63, 3.8) is 0 Å². The van der Waals surface area contributed by atoms with E-state index in [0.717, 1.165) is 0 Å². The summed E-state index contributed by atoms with van der Waals surface area (Å²) in [5, 5.41) is 3.45. The second kappa shape index (κ2) is 7.17. The molecule has 2 aromatic rings. The van der Waals surface area contributed by atoms with Crippen LogP contribution in [-0.4, -0.2) is 32.7 Å². The summed E-state index contributed by atoms with van der Waals surface area (Å²) in [6, 6.07) is 4.83. The van der Waals surface area contributed by atoms with Crippen LogP contribution < -0.4 is 0 Å². The Labute approximate surface area is 154 Å². The summed E-state index contributed by atoms with van der Waals surface area (Å²) >= 11 is 0. The molecular weight excluding hydrogens is 362 g/mol. The van der Waals surface area contributed by atoms with Gasteiger partial charge in [0.1, 0.15) is 17.1 Å². The molecule has 1 aromatic heterocycles. The number of aromatic nitrogens is 2. The smallest absolute Gasteiger partial charge is 0.283 e. The molecule has 27 heavy (non-hydrogen) atoms. The summed E-state index contributed by atoms with van der Waals surface area (Å²) in [5.41, 5.74) is -0.454. The molecule has 1 unspecified atom stereocenters. The minimum Gasteiger partial charge on any atom is -0.329 e. The van der Waals surface area contributed by atoms with Gasteiger partial charge in [0, 0.05) is 13.1 Å². The molecule has 1 fully saturated rings. The van der Waals surface area contributed by atoms with Crippen LogP contribution >= 0.6 is 0 Å². The van der Waals surface area contributed by atoms with Gasteiger partial charge in [0.25, 0.3) is 12.3 Å². The largest absolute Gasteiger partial charge is 0.329 e. The van der Waals surface area contributed by atoms with Gasteiger partial charge in [0.2, 0.25) is 5.95 Å². The maximum atomic E-state index is 14.4. The number of rotatable bonds is 6. The van der Waals surface area contributed by atoms with Gasteiger partial charge in [-0.2, -0.15) is 9.49 Å². The van der Waals surface area contributed by atoms with E-state index < -0.39 is 41.4 Å².